The molecule has 0 bridgehead atoms. The van der Waals surface area contributed by atoms with Gasteiger partial charge in [-0.2, -0.15) is 0 Å². The Hall–Kier alpha value is -0.330. The third-order valence-corrected chi connectivity index (χ3v) is 1.29. The summed E-state index contributed by atoms with van der Waals surface area (Å²) in [6.07, 6.45) is 3.80. The second-order valence-electron chi connectivity index (χ2n) is 2.43. The van der Waals surface area contributed by atoms with Gasteiger partial charge in [0.25, 0.3) is 0 Å². The first kappa shape index (κ1) is 4.82. The SMILES string of the molecule is CC(=N)CC1CC1. The lowest BCUT2D eigenvalue weighted by molar-refractivity contribution is 0.886. The zero-order chi connectivity index (χ0) is 5.28. The predicted molar refractivity (Wildman–Crippen MR) is 30.7 cm³/mol. The Bertz CT molecular complexity index is 82.2. The van der Waals surface area contributed by atoms with Crippen LogP contribution >= 0.6 is 0 Å². The molecule has 0 unspecified atom stereocenters. The standard InChI is InChI=1S/C6H11N/c1-5(7)4-6-2-3-6/h6-7H,2-4H2,1H3. The molecule has 0 aliphatic heterocycles. The molecule has 40 valence electrons. The molecule has 1 heteroatoms. The molecule has 1 N–H and O–H groups in total. The second-order valence-corrected chi connectivity index (χ2v) is 2.43. The predicted octanol–water partition coefficient (Wildman–Crippen LogP) is 1.83. The number of hydrogen-bond acceptors (Lipinski definition) is 1. The van der Waals surface area contributed by atoms with Crippen LogP contribution in [0.1, 0.15) is 26.2 Å². The van der Waals surface area contributed by atoms with Crippen LogP contribution in [0.4, 0.5) is 0 Å². The molecule has 0 heterocycles. The van der Waals surface area contributed by atoms with Crippen LogP contribution in [-0.4, -0.2) is 5.71 Å². The van der Waals surface area contributed by atoms with E-state index in [0.717, 1.165) is 18.1 Å². The van der Waals surface area contributed by atoms with Gasteiger partial charge in [0.15, 0.2) is 0 Å². The van der Waals surface area contributed by atoms with Gasteiger partial charge in [0.05, 0.1) is 0 Å². The van der Waals surface area contributed by atoms with Crippen molar-refractivity contribution in [3.05, 3.63) is 0 Å². The van der Waals surface area contributed by atoms with E-state index in [1.165, 1.54) is 12.8 Å². The van der Waals surface area contributed by atoms with Crippen LogP contribution in [0.3, 0.4) is 0 Å². The molecular weight excluding hydrogens is 86.1 g/mol. The second kappa shape index (κ2) is 1.65. The lowest BCUT2D eigenvalue weighted by Gasteiger charge is -1.87. The summed E-state index contributed by atoms with van der Waals surface area (Å²) in [5.41, 5.74) is 0.850. The summed E-state index contributed by atoms with van der Waals surface area (Å²) in [6, 6.07) is 0. The first-order valence-corrected chi connectivity index (χ1v) is 2.83. The van der Waals surface area contributed by atoms with Crippen molar-refractivity contribution < 1.29 is 0 Å². The largest absolute Gasteiger partial charge is 0.310 e. The van der Waals surface area contributed by atoms with Crippen molar-refractivity contribution in [2.45, 2.75) is 26.2 Å². The van der Waals surface area contributed by atoms with Crippen LogP contribution in [0.5, 0.6) is 0 Å². The van der Waals surface area contributed by atoms with Gasteiger partial charge < -0.3 is 5.41 Å². The van der Waals surface area contributed by atoms with E-state index in [0.29, 0.717) is 0 Å². The Morgan fingerprint density at radius 3 is 2.43 bits per heavy atom. The molecule has 0 spiro atoms. The molecule has 0 saturated heterocycles. The quantitative estimate of drug-likeness (QED) is 0.508. The van der Waals surface area contributed by atoms with Crippen molar-refractivity contribution in [1.82, 2.24) is 0 Å². The molecule has 1 rings (SSSR count). The maximum absolute atomic E-state index is 7.06. The Balaban J connectivity index is 2.08. The topological polar surface area (TPSA) is 23.9 Å². The van der Waals surface area contributed by atoms with Crippen LogP contribution in [-0.2, 0) is 0 Å². The Labute approximate surface area is 44.2 Å². The molecule has 1 fully saturated rings. The van der Waals surface area contributed by atoms with Gasteiger partial charge in [-0.15, -0.1) is 0 Å². The highest BCUT2D eigenvalue weighted by atomic mass is 14.4. The minimum absolute atomic E-state index is 0.850. The molecule has 7 heavy (non-hydrogen) atoms. The maximum Gasteiger partial charge on any atom is 0.00609 e. The summed E-state index contributed by atoms with van der Waals surface area (Å²) in [4.78, 5) is 0. The molecule has 1 nitrogen and oxygen atoms in total. The van der Waals surface area contributed by atoms with E-state index in [1.54, 1.807) is 0 Å². The fourth-order valence-electron chi connectivity index (χ4n) is 0.755. The highest BCUT2D eigenvalue weighted by molar-refractivity contribution is 5.78. The van der Waals surface area contributed by atoms with E-state index in [2.05, 4.69) is 0 Å². The van der Waals surface area contributed by atoms with E-state index in [-0.39, 0.29) is 0 Å². The fraction of sp³-hybridized carbons (Fsp3) is 0.833. The summed E-state index contributed by atoms with van der Waals surface area (Å²) >= 11 is 0. The summed E-state index contributed by atoms with van der Waals surface area (Å²) < 4.78 is 0. The first-order valence-electron chi connectivity index (χ1n) is 2.83. The molecular formula is C6H11N. The third kappa shape index (κ3) is 1.72. The Morgan fingerprint density at radius 1 is 1.71 bits per heavy atom. The minimum Gasteiger partial charge on any atom is -0.310 e. The van der Waals surface area contributed by atoms with E-state index in [4.69, 9.17) is 5.41 Å². The number of hydrogen-bond donors (Lipinski definition) is 1. The third-order valence-electron chi connectivity index (χ3n) is 1.29. The van der Waals surface area contributed by atoms with E-state index < -0.39 is 0 Å². The van der Waals surface area contributed by atoms with Crippen molar-refractivity contribution >= 4 is 5.71 Å². The molecule has 0 aromatic rings. The Kier molecular flexibility index (Phi) is 1.13. The normalized spacial score (nSPS) is 19.6. The van der Waals surface area contributed by atoms with Crippen molar-refractivity contribution in [2.24, 2.45) is 5.92 Å². The molecule has 1 aliphatic rings. The van der Waals surface area contributed by atoms with Gasteiger partial charge >= 0.3 is 0 Å². The van der Waals surface area contributed by atoms with Crippen LogP contribution in [0, 0.1) is 11.3 Å². The minimum atomic E-state index is 0.850. The van der Waals surface area contributed by atoms with Gasteiger partial charge in [-0.05, 0) is 32.1 Å². The highest BCUT2D eigenvalue weighted by Crippen LogP contribution is 2.32. The first-order chi connectivity index (χ1) is 3.29. The molecule has 1 aliphatic carbocycles. The average molecular weight is 97.2 g/mol. The summed E-state index contributed by atoms with van der Waals surface area (Å²) in [5.74, 6) is 0.900. The van der Waals surface area contributed by atoms with Crippen LogP contribution in [0.25, 0.3) is 0 Å². The maximum atomic E-state index is 7.06. The lowest BCUT2D eigenvalue weighted by atomic mass is 10.2. The monoisotopic (exact) mass is 97.1 g/mol. The lowest BCUT2D eigenvalue weighted by Crippen LogP contribution is -1.87. The number of rotatable bonds is 2. The zero-order valence-corrected chi connectivity index (χ0v) is 4.70. The average Bonchev–Trinajstić information content (AvgIpc) is 2.17. The van der Waals surface area contributed by atoms with Crippen molar-refractivity contribution in [1.29, 1.82) is 5.41 Å². The van der Waals surface area contributed by atoms with Crippen molar-refractivity contribution in [3.8, 4) is 0 Å². The summed E-state index contributed by atoms with van der Waals surface area (Å²) in [6.45, 7) is 1.89. The van der Waals surface area contributed by atoms with Gasteiger partial charge in [-0.1, -0.05) is 0 Å². The van der Waals surface area contributed by atoms with Crippen LogP contribution < -0.4 is 0 Å². The van der Waals surface area contributed by atoms with Gasteiger partial charge in [0.1, 0.15) is 0 Å². The van der Waals surface area contributed by atoms with Crippen LogP contribution in [0.15, 0.2) is 0 Å². The molecule has 1 saturated carbocycles. The summed E-state index contributed by atoms with van der Waals surface area (Å²) in [5, 5.41) is 7.06. The van der Waals surface area contributed by atoms with Gasteiger partial charge in [0.2, 0.25) is 0 Å². The van der Waals surface area contributed by atoms with Gasteiger partial charge in [-0.3, -0.25) is 0 Å². The molecule has 0 aromatic heterocycles. The van der Waals surface area contributed by atoms with Gasteiger partial charge in [0, 0.05) is 5.71 Å². The molecule has 0 amide bonds. The highest BCUT2D eigenvalue weighted by Gasteiger charge is 2.20. The van der Waals surface area contributed by atoms with Gasteiger partial charge in [-0.25, -0.2) is 0 Å². The van der Waals surface area contributed by atoms with E-state index in [1.807, 2.05) is 6.92 Å². The smallest absolute Gasteiger partial charge is 0.00609 e. The Morgan fingerprint density at radius 2 is 2.29 bits per heavy atom. The molecule has 0 atom stereocenters. The summed E-state index contributed by atoms with van der Waals surface area (Å²) in [7, 11) is 0. The number of nitrogens with one attached hydrogen (secondary N) is 1. The molecule has 0 aromatic carbocycles. The zero-order valence-electron chi connectivity index (χ0n) is 4.70. The van der Waals surface area contributed by atoms with Crippen molar-refractivity contribution in [3.63, 3.8) is 0 Å². The van der Waals surface area contributed by atoms with E-state index >= 15 is 0 Å². The van der Waals surface area contributed by atoms with Crippen LogP contribution in [0.2, 0.25) is 0 Å². The fourth-order valence-corrected chi connectivity index (χ4v) is 0.755. The van der Waals surface area contributed by atoms with Crippen molar-refractivity contribution in [2.75, 3.05) is 0 Å². The molecule has 0 radical (unpaired) electrons. The van der Waals surface area contributed by atoms with E-state index in [9.17, 15) is 0 Å².